The van der Waals surface area contributed by atoms with Crippen LogP contribution in [0.3, 0.4) is 0 Å². The van der Waals surface area contributed by atoms with Gasteiger partial charge in [-0.05, 0) is 44.3 Å². The van der Waals surface area contributed by atoms with Gasteiger partial charge in [0.25, 0.3) is 5.91 Å². The molecule has 0 bridgehead atoms. The van der Waals surface area contributed by atoms with Crippen molar-refractivity contribution in [2.45, 2.75) is 26.8 Å². The van der Waals surface area contributed by atoms with Crippen LogP contribution in [0.5, 0.6) is 0 Å². The van der Waals surface area contributed by atoms with E-state index >= 15 is 0 Å². The summed E-state index contributed by atoms with van der Waals surface area (Å²) in [7, 11) is 0. The minimum atomic E-state index is -0.150. The Hall–Kier alpha value is -2.86. The number of amides is 1. The first-order valence-electron chi connectivity index (χ1n) is 9.35. The van der Waals surface area contributed by atoms with Crippen LogP contribution in [-0.2, 0) is 0 Å². The van der Waals surface area contributed by atoms with Gasteiger partial charge in [0.15, 0.2) is 5.76 Å². The Morgan fingerprint density at radius 1 is 1.19 bits per heavy atom. The van der Waals surface area contributed by atoms with Crippen LogP contribution in [0.1, 0.15) is 31.3 Å². The van der Waals surface area contributed by atoms with Crippen LogP contribution in [0, 0.1) is 0 Å². The zero-order valence-corrected chi connectivity index (χ0v) is 16.1. The number of furan rings is 1. The number of benzene rings is 1. The van der Waals surface area contributed by atoms with Crippen molar-refractivity contribution in [1.29, 1.82) is 0 Å². The fourth-order valence-corrected chi connectivity index (χ4v) is 3.16. The van der Waals surface area contributed by atoms with Crippen molar-refractivity contribution in [3.05, 3.63) is 60.5 Å². The molecule has 3 rings (SSSR count). The molecule has 0 fully saturated rings. The number of nitrogens with one attached hydrogen (secondary N) is 1. The zero-order chi connectivity index (χ0) is 19.2. The van der Waals surface area contributed by atoms with Crippen molar-refractivity contribution >= 4 is 5.91 Å². The molecule has 3 aromatic rings. The Kier molecular flexibility index (Phi) is 6.08. The van der Waals surface area contributed by atoms with E-state index in [9.17, 15) is 4.79 Å². The lowest BCUT2D eigenvalue weighted by atomic mass is 10.2. The topological polar surface area (TPSA) is 63.3 Å². The number of nitrogens with zero attached hydrogens (tertiary/aromatic N) is 3. The Labute approximate surface area is 159 Å². The predicted octanol–water partition coefficient (Wildman–Crippen LogP) is 3.59. The summed E-state index contributed by atoms with van der Waals surface area (Å²) in [5, 5.41) is 7.63. The predicted molar refractivity (Wildman–Crippen MR) is 106 cm³/mol. The average Bonchev–Trinajstić information content (AvgIpc) is 3.37. The lowest BCUT2D eigenvalue weighted by Gasteiger charge is -2.26. The van der Waals surface area contributed by atoms with Crippen LogP contribution >= 0.6 is 0 Å². The van der Waals surface area contributed by atoms with Crippen molar-refractivity contribution in [2.24, 2.45) is 0 Å². The Morgan fingerprint density at radius 3 is 2.56 bits per heavy atom. The summed E-state index contributed by atoms with van der Waals surface area (Å²) in [6, 6.07) is 15.3. The van der Waals surface area contributed by atoms with Crippen molar-refractivity contribution < 1.29 is 9.21 Å². The smallest absolute Gasteiger partial charge is 0.270 e. The molecule has 0 spiro atoms. The third-order valence-corrected chi connectivity index (χ3v) is 4.71. The average molecular weight is 366 g/mol. The van der Waals surface area contributed by atoms with Crippen LogP contribution in [0.4, 0.5) is 0 Å². The Bertz CT molecular complexity index is 852. The van der Waals surface area contributed by atoms with Gasteiger partial charge in [-0.1, -0.05) is 32.0 Å². The minimum absolute atomic E-state index is 0.150. The van der Waals surface area contributed by atoms with Gasteiger partial charge < -0.3 is 9.73 Å². The number of carbonyl (C=O) groups is 1. The second-order valence-electron chi connectivity index (χ2n) is 6.42. The molecule has 0 aliphatic rings. The summed E-state index contributed by atoms with van der Waals surface area (Å²) < 4.78 is 7.11. The van der Waals surface area contributed by atoms with Crippen LogP contribution in [0.15, 0.2) is 59.2 Å². The molecule has 6 heteroatoms. The molecule has 1 aromatic carbocycles. The number of para-hydroxylation sites is 1. The van der Waals surface area contributed by atoms with Crippen LogP contribution in [0.25, 0.3) is 17.1 Å². The molecule has 2 heterocycles. The van der Waals surface area contributed by atoms with E-state index in [1.54, 1.807) is 17.0 Å². The van der Waals surface area contributed by atoms with Crippen LogP contribution in [-0.4, -0.2) is 46.3 Å². The summed E-state index contributed by atoms with van der Waals surface area (Å²) >= 11 is 0. The molecular weight excluding hydrogens is 340 g/mol. The summed E-state index contributed by atoms with van der Waals surface area (Å²) in [6.07, 6.45) is 1.60. The molecule has 1 N–H and O–H groups in total. The first-order chi connectivity index (χ1) is 13.1. The number of hydrogen-bond donors (Lipinski definition) is 1. The maximum Gasteiger partial charge on any atom is 0.270 e. The molecular formula is C21H26N4O2. The summed E-state index contributed by atoms with van der Waals surface area (Å²) in [4.78, 5) is 15.2. The third-order valence-electron chi connectivity index (χ3n) is 4.71. The lowest BCUT2D eigenvalue weighted by molar-refractivity contribution is 0.0930. The molecule has 1 amide bonds. The molecule has 0 aliphatic heterocycles. The molecule has 2 aromatic heterocycles. The van der Waals surface area contributed by atoms with E-state index in [1.807, 2.05) is 42.5 Å². The highest BCUT2D eigenvalue weighted by Gasteiger charge is 2.20. The van der Waals surface area contributed by atoms with E-state index in [1.165, 1.54) is 0 Å². The number of hydrogen-bond acceptors (Lipinski definition) is 4. The molecule has 6 nitrogen and oxygen atoms in total. The third kappa shape index (κ3) is 4.28. The molecule has 0 aliphatic carbocycles. The molecule has 0 saturated carbocycles. The Morgan fingerprint density at radius 2 is 1.93 bits per heavy atom. The van der Waals surface area contributed by atoms with Gasteiger partial charge >= 0.3 is 0 Å². The highest BCUT2D eigenvalue weighted by atomic mass is 16.3. The van der Waals surface area contributed by atoms with Crippen molar-refractivity contribution in [2.75, 3.05) is 19.6 Å². The second-order valence-corrected chi connectivity index (χ2v) is 6.42. The molecule has 142 valence electrons. The van der Waals surface area contributed by atoms with E-state index < -0.39 is 0 Å². The number of likely N-dealkylation sites (N-methyl/N-ethyl adjacent to an activating group) is 1. The maximum atomic E-state index is 12.9. The molecule has 0 saturated heterocycles. The van der Waals surface area contributed by atoms with Gasteiger partial charge in [-0.25, -0.2) is 4.68 Å². The van der Waals surface area contributed by atoms with Gasteiger partial charge in [-0.15, -0.1) is 0 Å². The largest absolute Gasteiger partial charge is 0.463 e. The van der Waals surface area contributed by atoms with Crippen LogP contribution in [0.2, 0.25) is 0 Å². The number of carbonyl (C=O) groups excluding carboxylic acids is 1. The molecule has 27 heavy (non-hydrogen) atoms. The van der Waals surface area contributed by atoms with Gasteiger partial charge in [-0.3, -0.25) is 9.69 Å². The van der Waals surface area contributed by atoms with Gasteiger partial charge in [0.1, 0.15) is 11.4 Å². The van der Waals surface area contributed by atoms with E-state index in [-0.39, 0.29) is 11.9 Å². The first kappa shape index (κ1) is 18.9. The quantitative estimate of drug-likeness (QED) is 0.662. The highest BCUT2D eigenvalue weighted by molar-refractivity contribution is 5.94. The van der Waals surface area contributed by atoms with Crippen LogP contribution < -0.4 is 5.32 Å². The number of aromatic nitrogens is 2. The van der Waals surface area contributed by atoms with Gasteiger partial charge in [-0.2, -0.15) is 5.10 Å². The second kappa shape index (κ2) is 8.68. The van der Waals surface area contributed by atoms with Crippen molar-refractivity contribution in [3.8, 4) is 17.1 Å². The summed E-state index contributed by atoms with van der Waals surface area (Å²) in [6.45, 7) is 8.87. The van der Waals surface area contributed by atoms with Gasteiger partial charge in [0.05, 0.1) is 12.0 Å². The van der Waals surface area contributed by atoms with E-state index in [0.717, 1.165) is 18.8 Å². The van der Waals surface area contributed by atoms with Gasteiger partial charge in [0.2, 0.25) is 0 Å². The lowest BCUT2D eigenvalue weighted by Crippen LogP contribution is -2.42. The Balaban J connectivity index is 1.86. The maximum absolute atomic E-state index is 12.9. The summed E-state index contributed by atoms with van der Waals surface area (Å²) in [5.41, 5.74) is 1.95. The monoisotopic (exact) mass is 366 g/mol. The molecule has 0 radical (unpaired) electrons. The normalized spacial score (nSPS) is 12.3. The first-order valence-corrected chi connectivity index (χ1v) is 9.35. The van der Waals surface area contributed by atoms with Crippen molar-refractivity contribution in [1.82, 2.24) is 20.0 Å². The number of rotatable bonds is 8. The van der Waals surface area contributed by atoms with Gasteiger partial charge in [0, 0.05) is 18.7 Å². The fourth-order valence-electron chi connectivity index (χ4n) is 3.16. The van der Waals surface area contributed by atoms with E-state index in [4.69, 9.17) is 4.42 Å². The molecule has 1 unspecified atom stereocenters. The van der Waals surface area contributed by atoms with E-state index in [2.05, 4.69) is 36.1 Å². The highest BCUT2D eigenvalue weighted by Crippen LogP contribution is 2.22. The minimum Gasteiger partial charge on any atom is -0.463 e. The fraction of sp³-hybridized carbons (Fsp3) is 0.333. The molecule has 1 atom stereocenters. The van der Waals surface area contributed by atoms with Crippen molar-refractivity contribution in [3.63, 3.8) is 0 Å². The SMILES string of the molecule is CCN(CC)C(C)CNC(=O)c1cc(-c2ccco2)nn1-c1ccccc1. The summed E-state index contributed by atoms with van der Waals surface area (Å²) in [5.74, 6) is 0.485. The van der Waals surface area contributed by atoms with E-state index in [0.29, 0.717) is 23.7 Å². The standard InChI is InChI=1S/C21H26N4O2/c1-4-24(5-2)16(3)15-22-21(26)19-14-18(20-12-9-13-27-20)23-25(19)17-10-7-6-8-11-17/h6-14,16H,4-5,15H2,1-3H3,(H,22,26). The zero-order valence-electron chi connectivity index (χ0n) is 16.1.